The standard InChI is InChI=1S/C17H25N5O/c1-21-12-19-17(20-21)14-10-13(11-15(18)16(14)23-2)6-9-22-7-4-3-5-8-22/h10-12H,3-9,18H2,1-2H3. The van der Waals surface area contributed by atoms with Crippen LogP contribution in [0, 0.1) is 0 Å². The third kappa shape index (κ3) is 3.64. The van der Waals surface area contributed by atoms with Crippen LogP contribution < -0.4 is 10.5 Å². The Balaban J connectivity index is 1.82. The molecule has 6 nitrogen and oxygen atoms in total. The number of hydrogen-bond donors (Lipinski definition) is 1. The number of nitrogen functional groups attached to an aromatic ring is 1. The number of methoxy groups -OCH3 is 1. The van der Waals surface area contributed by atoms with E-state index in [0.29, 0.717) is 17.3 Å². The Morgan fingerprint density at radius 1 is 1.22 bits per heavy atom. The maximum Gasteiger partial charge on any atom is 0.184 e. The minimum Gasteiger partial charge on any atom is -0.494 e. The summed E-state index contributed by atoms with van der Waals surface area (Å²) in [6.45, 7) is 3.49. The topological polar surface area (TPSA) is 69.2 Å². The molecule has 2 aromatic rings. The van der Waals surface area contributed by atoms with Crippen LogP contribution in [0.1, 0.15) is 24.8 Å². The van der Waals surface area contributed by atoms with Gasteiger partial charge in [0, 0.05) is 13.6 Å². The molecule has 0 saturated carbocycles. The second kappa shape index (κ2) is 7.00. The van der Waals surface area contributed by atoms with Crippen molar-refractivity contribution in [2.45, 2.75) is 25.7 Å². The quantitative estimate of drug-likeness (QED) is 0.856. The van der Waals surface area contributed by atoms with Crippen LogP contribution in [0.25, 0.3) is 11.4 Å². The number of piperidine rings is 1. The Bertz CT molecular complexity index is 661. The molecule has 1 aliphatic heterocycles. The lowest BCUT2D eigenvalue weighted by Crippen LogP contribution is -2.31. The lowest BCUT2D eigenvalue weighted by Gasteiger charge is -2.26. The van der Waals surface area contributed by atoms with Gasteiger partial charge in [-0.05, 0) is 50.0 Å². The Morgan fingerprint density at radius 2 is 2.00 bits per heavy atom. The van der Waals surface area contributed by atoms with Gasteiger partial charge in [0.05, 0.1) is 18.4 Å². The Morgan fingerprint density at radius 3 is 2.65 bits per heavy atom. The Hall–Kier alpha value is -2.08. The van der Waals surface area contributed by atoms with E-state index < -0.39 is 0 Å². The number of nitrogens with two attached hydrogens (primary N) is 1. The summed E-state index contributed by atoms with van der Waals surface area (Å²) in [6.07, 6.45) is 6.66. The van der Waals surface area contributed by atoms with Gasteiger partial charge in [0.2, 0.25) is 0 Å². The fourth-order valence-electron chi connectivity index (χ4n) is 3.18. The third-order valence-electron chi connectivity index (χ3n) is 4.39. The molecule has 1 fully saturated rings. The number of ether oxygens (including phenoxy) is 1. The summed E-state index contributed by atoms with van der Waals surface area (Å²) in [6, 6.07) is 4.11. The molecular weight excluding hydrogens is 290 g/mol. The van der Waals surface area contributed by atoms with Gasteiger partial charge in [-0.3, -0.25) is 4.68 Å². The normalized spacial score (nSPS) is 15.7. The summed E-state index contributed by atoms with van der Waals surface area (Å²) < 4.78 is 7.15. The van der Waals surface area contributed by atoms with Gasteiger partial charge in [0.15, 0.2) is 11.6 Å². The molecule has 3 rings (SSSR count). The molecule has 0 spiro atoms. The van der Waals surface area contributed by atoms with Crippen LogP contribution in [-0.2, 0) is 13.5 Å². The molecular formula is C17H25N5O. The zero-order chi connectivity index (χ0) is 16.2. The molecule has 23 heavy (non-hydrogen) atoms. The SMILES string of the molecule is COc1c(N)cc(CCN2CCCCC2)cc1-c1ncn(C)n1. The predicted octanol–water partition coefficient (Wildman–Crippen LogP) is 2.10. The maximum atomic E-state index is 6.18. The zero-order valence-corrected chi connectivity index (χ0v) is 14.0. The first-order chi connectivity index (χ1) is 11.2. The Kier molecular flexibility index (Phi) is 4.81. The van der Waals surface area contributed by atoms with E-state index in [1.54, 1.807) is 18.1 Å². The second-order valence-electron chi connectivity index (χ2n) is 6.16. The number of likely N-dealkylation sites (tertiary alicyclic amines) is 1. The summed E-state index contributed by atoms with van der Waals surface area (Å²) in [5.41, 5.74) is 8.90. The van der Waals surface area contributed by atoms with Gasteiger partial charge in [-0.25, -0.2) is 4.98 Å². The van der Waals surface area contributed by atoms with Crippen LogP contribution in [-0.4, -0.2) is 46.4 Å². The van der Waals surface area contributed by atoms with Crippen LogP contribution >= 0.6 is 0 Å². The molecule has 0 amide bonds. The number of hydrogen-bond acceptors (Lipinski definition) is 5. The summed E-state index contributed by atoms with van der Waals surface area (Å²) in [5, 5.41) is 4.38. The van der Waals surface area contributed by atoms with E-state index in [1.165, 1.54) is 37.9 Å². The van der Waals surface area contributed by atoms with Crippen LogP contribution in [0.15, 0.2) is 18.5 Å². The van der Waals surface area contributed by atoms with Crippen molar-refractivity contribution in [1.29, 1.82) is 0 Å². The van der Waals surface area contributed by atoms with E-state index in [-0.39, 0.29) is 0 Å². The van der Waals surface area contributed by atoms with E-state index in [9.17, 15) is 0 Å². The van der Waals surface area contributed by atoms with Crippen molar-refractivity contribution in [2.75, 3.05) is 32.5 Å². The highest BCUT2D eigenvalue weighted by Gasteiger charge is 2.16. The molecule has 2 N–H and O–H groups in total. The van der Waals surface area contributed by atoms with Crippen LogP contribution in [0.5, 0.6) is 5.75 Å². The minimum absolute atomic E-state index is 0.645. The smallest absolute Gasteiger partial charge is 0.184 e. The fraction of sp³-hybridized carbons (Fsp3) is 0.529. The van der Waals surface area contributed by atoms with E-state index in [0.717, 1.165) is 18.5 Å². The van der Waals surface area contributed by atoms with Crippen molar-refractivity contribution >= 4 is 5.69 Å². The van der Waals surface area contributed by atoms with E-state index in [2.05, 4.69) is 21.0 Å². The molecule has 1 aliphatic rings. The zero-order valence-electron chi connectivity index (χ0n) is 14.0. The third-order valence-corrected chi connectivity index (χ3v) is 4.39. The number of rotatable bonds is 5. The average molecular weight is 315 g/mol. The van der Waals surface area contributed by atoms with Gasteiger partial charge in [-0.2, -0.15) is 5.10 Å². The van der Waals surface area contributed by atoms with Crippen molar-refractivity contribution in [2.24, 2.45) is 7.05 Å². The van der Waals surface area contributed by atoms with Gasteiger partial charge < -0.3 is 15.4 Å². The van der Waals surface area contributed by atoms with Crippen molar-refractivity contribution < 1.29 is 4.74 Å². The number of nitrogens with zero attached hydrogens (tertiary/aromatic N) is 4. The molecule has 124 valence electrons. The summed E-state index contributed by atoms with van der Waals surface area (Å²) in [4.78, 5) is 6.86. The molecule has 1 saturated heterocycles. The van der Waals surface area contributed by atoms with Crippen LogP contribution in [0.2, 0.25) is 0 Å². The van der Waals surface area contributed by atoms with Gasteiger partial charge in [0.1, 0.15) is 6.33 Å². The van der Waals surface area contributed by atoms with Crippen molar-refractivity contribution in [3.8, 4) is 17.1 Å². The van der Waals surface area contributed by atoms with Gasteiger partial charge in [-0.1, -0.05) is 6.42 Å². The summed E-state index contributed by atoms with van der Waals surface area (Å²) in [5.74, 6) is 1.30. The van der Waals surface area contributed by atoms with Crippen LogP contribution in [0.4, 0.5) is 5.69 Å². The molecule has 0 radical (unpaired) electrons. The number of aromatic nitrogens is 3. The number of aryl methyl sites for hydroxylation is 1. The number of benzene rings is 1. The highest BCUT2D eigenvalue weighted by Crippen LogP contribution is 2.34. The molecule has 2 heterocycles. The van der Waals surface area contributed by atoms with Crippen molar-refractivity contribution in [1.82, 2.24) is 19.7 Å². The lowest BCUT2D eigenvalue weighted by atomic mass is 10.0. The number of anilines is 1. The molecule has 1 aromatic heterocycles. The first-order valence-electron chi connectivity index (χ1n) is 8.22. The highest BCUT2D eigenvalue weighted by atomic mass is 16.5. The molecule has 1 aromatic carbocycles. The molecule has 0 bridgehead atoms. The van der Waals surface area contributed by atoms with Gasteiger partial charge in [-0.15, -0.1) is 0 Å². The Labute approximate surface area is 137 Å². The summed E-state index contributed by atoms with van der Waals surface area (Å²) in [7, 11) is 3.48. The minimum atomic E-state index is 0.645. The molecule has 0 atom stereocenters. The largest absolute Gasteiger partial charge is 0.494 e. The lowest BCUT2D eigenvalue weighted by molar-refractivity contribution is 0.231. The van der Waals surface area contributed by atoms with E-state index in [1.807, 2.05) is 13.1 Å². The van der Waals surface area contributed by atoms with Crippen LogP contribution in [0.3, 0.4) is 0 Å². The van der Waals surface area contributed by atoms with Crippen molar-refractivity contribution in [3.05, 3.63) is 24.0 Å². The van der Waals surface area contributed by atoms with Gasteiger partial charge >= 0.3 is 0 Å². The van der Waals surface area contributed by atoms with Crippen molar-refractivity contribution in [3.63, 3.8) is 0 Å². The predicted molar refractivity (Wildman–Crippen MR) is 91.4 cm³/mol. The summed E-state index contributed by atoms with van der Waals surface area (Å²) >= 11 is 0. The monoisotopic (exact) mass is 315 g/mol. The first-order valence-corrected chi connectivity index (χ1v) is 8.22. The molecule has 0 aliphatic carbocycles. The first kappa shape index (κ1) is 15.8. The molecule has 6 heteroatoms. The van der Waals surface area contributed by atoms with Gasteiger partial charge in [0.25, 0.3) is 0 Å². The molecule has 0 unspecified atom stereocenters. The second-order valence-corrected chi connectivity index (χ2v) is 6.16. The van der Waals surface area contributed by atoms with E-state index in [4.69, 9.17) is 10.5 Å². The fourth-order valence-corrected chi connectivity index (χ4v) is 3.18. The average Bonchev–Trinajstić information content (AvgIpc) is 3.00. The maximum absolute atomic E-state index is 6.18. The highest BCUT2D eigenvalue weighted by molar-refractivity contribution is 5.74. The van der Waals surface area contributed by atoms with E-state index >= 15 is 0 Å².